The van der Waals surface area contributed by atoms with Gasteiger partial charge in [0.05, 0.1) is 6.54 Å². The highest BCUT2D eigenvalue weighted by Crippen LogP contribution is 2.24. The molecule has 0 unspecified atom stereocenters. The maximum atomic E-state index is 13.9. The van der Waals surface area contributed by atoms with Crippen molar-refractivity contribution in [3.8, 4) is 11.5 Å². The first-order valence-corrected chi connectivity index (χ1v) is 10.3. The zero-order valence-electron chi connectivity index (χ0n) is 16.8. The molecule has 0 bridgehead atoms. The van der Waals surface area contributed by atoms with Crippen LogP contribution in [0.2, 0.25) is 0 Å². The van der Waals surface area contributed by atoms with Gasteiger partial charge in [-0.1, -0.05) is 23.4 Å². The number of thiocarbonyl (C=S) groups is 1. The first-order valence-electron chi connectivity index (χ1n) is 9.91. The molecule has 6 nitrogen and oxygen atoms in total. The molecule has 0 saturated carbocycles. The molecule has 1 saturated heterocycles. The Hall–Kier alpha value is -3.05. The van der Waals surface area contributed by atoms with E-state index in [2.05, 4.69) is 20.4 Å². The van der Waals surface area contributed by atoms with E-state index in [-0.39, 0.29) is 11.2 Å². The molecular weight excluding hydrogens is 446 g/mol. The van der Waals surface area contributed by atoms with Crippen LogP contribution in [0.5, 0.6) is 0 Å². The molecule has 2 heterocycles. The Labute approximate surface area is 186 Å². The van der Waals surface area contributed by atoms with Crippen molar-refractivity contribution in [3.63, 3.8) is 0 Å². The van der Waals surface area contributed by atoms with E-state index in [9.17, 15) is 17.6 Å². The fourth-order valence-electron chi connectivity index (χ4n) is 3.42. The minimum atomic E-state index is -1.76. The van der Waals surface area contributed by atoms with Gasteiger partial charge in [0.25, 0.3) is 5.89 Å². The summed E-state index contributed by atoms with van der Waals surface area (Å²) in [6.07, 6.45) is 0.716. The molecule has 2 aromatic carbocycles. The summed E-state index contributed by atoms with van der Waals surface area (Å²) in [7, 11) is 0. The lowest BCUT2D eigenvalue weighted by Gasteiger charge is -2.24. The molecule has 0 radical (unpaired) electrons. The normalized spacial score (nSPS) is 14.9. The predicted molar refractivity (Wildman–Crippen MR) is 114 cm³/mol. The third-order valence-electron chi connectivity index (χ3n) is 5.08. The molecule has 3 aromatic rings. The third-order valence-corrected chi connectivity index (χ3v) is 5.44. The number of benzene rings is 2. The molecule has 11 heteroatoms. The zero-order chi connectivity index (χ0) is 22.7. The summed E-state index contributed by atoms with van der Waals surface area (Å²) < 4.78 is 59.8. The number of halogens is 4. The molecule has 32 heavy (non-hydrogen) atoms. The van der Waals surface area contributed by atoms with E-state index in [1.165, 1.54) is 0 Å². The number of hydrogen-bond acceptors (Lipinski definition) is 5. The van der Waals surface area contributed by atoms with Crippen LogP contribution in [0.3, 0.4) is 0 Å². The van der Waals surface area contributed by atoms with Gasteiger partial charge >= 0.3 is 0 Å². The lowest BCUT2D eigenvalue weighted by Crippen LogP contribution is -2.38. The SMILES string of the molecule is Fc1cc(F)c(NC(=S)N2CCCN(Cc3noc(-c4ccccc4)n3)CC2)c(F)c1F. The molecule has 0 atom stereocenters. The smallest absolute Gasteiger partial charge is 0.257 e. The Morgan fingerprint density at radius 1 is 1.00 bits per heavy atom. The quantitative estimate of drug-likeness (QED) is 0.268. The Bertz CT molecular complexity index is 1110. The van der Waals surface area contributed by atoms with Gasteiger partial charge in [-0.3, -0.25) is 4.90 Å². The van der Waals surface area contributed by atoms with Crippen LogP contribution < -0.4 is 5.32 Å². The summed E-state index contributed by atoms with van der Waals surface area (Å²) >= 11 is 5.24. The lowest BCUT2D eigenvalue weighted by molar-refractivity contribution is 0.266. The molecule has 0 aliphatic carbocycles. The molecule has 1 N–H and O–H groups in total. The number of aromatic nitrogens is 2. The van der Waals surface area contributed by atoms with Crippen molar-refractivity contribution in [3.05, 3.63) is 65.5 Å². The second-order valence-corrected chi connectivity index (χ2v) is 7.66. The van der Waals surface area contributed by atoms with Crippen LogP contribution in [0.15, 0.2) is 40.9 Å². The van der Waals surface area contributed by atoms with Crippen LogP contribution in [0.1, 0.15) is 12.2 Å². The van der Waals surface area contributed by atoms with Crippen LogP contribution in [0.4, 0.5) is 23.2 Å². The van der Waals surface area contributed by atoms with E-state index in [1.54, 1.807) is 4.90 Å². The fraction of sp³-hybridized carbons (Fsp3) is 0.286. The van der Waals surface area contributed by atoms with Crippen molar-refractivity contribution in [2.24, 2.45) is 0 Å². The highest BCUT2D eigenvalue weighted by molar-refractivity contribution is 7.80. The second kappa shape index (κ2) is 9.61. The summed E-state index contributed by atoms with van der Waals surface area (Å²) in [6.45, 7) is 2.76. The first kappa shape index (κ1) is 22.2. The minimum absolute atomic E-state index is 0.0292. The van der Waals surface area contributed by atoms with Crippen molar-refractivity contribution in [1.29, 1.82) is 0 Å². The van der Waals surface area contributed by atoms with E-state index in [0.717, 1.165) is 12.1 Å². The van der Waals surface area contributed by atoms with Gasteiger partial charge in [-0.25, -0.2) is 17.6 Å². The Kier molecular flexibility index (Phi) is 6.66. The number of nitrogens with zero attached hydrogens (tertiary/aromatic N) is 4. The van der Waals surface area contributed by atoms with E-state index in [4.69, 9.17) is 16.7 Å². The zero-order valence-corrected chi connectivity index (χ0v) is 17.6. The van der Waals surface area contributed by atoms with Gasteiger partial charge in [0, 0.05) is 37.8 Å². The number of nitrogens with one attached hydrogen (secondary N) is 1. The molecule has 1 fully saturated rings. The van der Waals surface area contributed by atoms with Crippen molar-refractivity contribution in [2.75, 3.05) is 31.5 Å². The number of hydrogen-bond donors (Lipinski definition) is 1. The third kappa shape index (κ3) is 4.89. The van der Waals surface area contributed by atoms with E-state index in [1.807, 2.05) is 30.3 Å². The molecule has 0 amide bonds. The topological polar surface area (TPSA) is 57.4 Å². The largest absolute Gasteiger partial charge is 0.348 e. The molecule has 4 rings (SSSR count). The molecule has 1 aromatic heterocycles. The van der Waals surface area contributed by atoms with Gasteiger partial charge in [0.2, 0.25) is 0 Å². The van der Waals surface area contributed by atoms with Crippen LogP contribution in [-0.2, 0) is 6.54 Å². The summed E-state index contributed by atoms with van der Waals surface area (Å²) in [5.74, 6) is -5.27. The monoisotopic (exact) mass is 465 g/mol. The maximum absolute atomic E-state index is 13.9. The predicted octanol–water partition coefficient (Wildman–Crippen LogP) is 4.20. The van der Waals surface area contributed by atoms with E-state index < -0.39 is 29.0 Å². The highest BCUT2D eigenvalue weighted by Gasteiger charge is 2.23. The Balaban J connectivity index is 1.36. The van der Waals surface area contributed by atoms with Gasteiger partial charge in [0.15, 0.2) is 34.2 Å². The van der Waals surface area contributed by atoms with Crippen molar-refractivity contribution >= 4 is 23.0 Å². The minimum Gasteiger partial charge on any atom is -0.348 e. The molecule has 168 valence electrons. The van der Waals surface area contributed by atoms with E-state index in [0.29, 0.717) is 44.3 Å². The molecule has 1 aliphatic heterocycles. The van der Waals surface area contributed by atoms with Crippen LogP contribution in [0.25, 0.3) is 11.5 Å². The average Bonchev–Trinajstić information content (AvgIpc) is 3.13. The summed E-state index contributed by atoms with van der Waals surface area (Å²) in [4.78, 5) is 8.26. The van der Waals surface area contributed by atoms with Crippen molar-refractivity contribution in [1.82, 2.24) is 19.9 Å². The second-order valence-electron chi connectivity index (χ2n) is 7.27. The summed E-state index contributed by atoms with van der Waals surface area (Å²) in [5, 5.41) is 6.43. The number of rotatable bonds is 4. The Morgan fingerprint density at radius 2 is 1.78 bits per heavy atom. The average molecular weight is 465 g/mol. The first-order chi connectivity index (χ1) is 15.4. The van der Waals surface area contributed by atoms with Crippen LogP contribution in [0, 0.1) is 23.3 Å². The van der Waals surface area contributed by atoms with Gasteiger partial charge in [-0.2, -0.15) is 4.98 Å². The number of anilines is 1. The molecular formula is C21H19F4N5OS. The van der Waals surface area contributed by atoms with Crippen molar-refractivity contribution in [2.45, 2.75) is 13.0 Å². The van der Waals surface area contributed by atoms with Gasteiger partial charge < -0.3 is 14.7 Å². The fourth-order valence-corrected chi connectivity index (χ4v) is 3.70. The van der Waals surface area contributed by atoms with Crippen LogP contribution >= 0.6 is 12.2 Å². The molecule has 1 aliphatic rings. The summed E-state index contributed by atoms with van der Waals surface area (Å²) in [6, 6.07) is 9.72. The molecule has 0 spiro atoms. The van der Waals surface area contributed by atoms with Gasteiger partial charge in [-0.05, 0) is 30.8 Å². The standard InChI is InChI=1S/C21H19F4N5OS/c22-14-11-15(23)19(18(25)17(14)24)27-21(32)30-8-4-7-29(9-10-30)12-16-26-20(31-28-16)13-5-2-1-3-6-13/h1-3,5-6,11H,4,7-10,12H2,(H,27,32). The van der Waals surface area contributed by atoms with Crippen molar-refractivity contribution < 1.29 is 22.1 Å². The van der Waals surface area contributed by atoms with Gasteiger partial charge in [-0.15, -0.1) is 0 Å². The lowest BCUT2D eigenvalue weighted by atomic mass is 10.2. The summed E-state index contributed by atoms with van der Waals surface area (Å²) in [5.41, 5.74) is 0.0247. The Morgan fingerprint density at radius 3 is 2.56 bits per heavy atom. The van der Waals surface area contributed by atoms with E-state index >= 15 is 0 Å². The van der Waals surface area contributed by atoms with Crippen LogP contribution in [-0.4, -0.2) is 51.2 Å². The maximum Gasteiger partial charge on any atom is 0.257 e. The van der Waals surface area contributed by atoms with Gasteiger partial charge in [0.1, 0.15) is 5.69 Å². The highest BCUT2D eigenvalue weighted by atomic mass is 32.1.